The van der Waals surface area contributed by atoms with Crippen LogP contribution in [0.2, 0.25) is 0 Å². The molecule has 0 bridgehead atoms. The van der Waals surface area contributed by atoms with Crippen molar-refractivity contribution in [2.24, 2.45) is 0 Å². The van der Waals surface area contributed by atoms with E-state index >= 15 is 0 Å². The highest BCUT2D eigenvalue weighted by atomic mass is 16.5. The van der Waals surface area contributed by atoms with Gasteiger partial charge in [0.1, 0.15) is 11.5 Å². The quantitative estimate of drug-likeness (QED) is 0.780. The number of anilines is 1. The van der Waals surface area contributed by atoms with Gasteiger partial charge in [0.2, 0.25) is 0 Å². The average Bonchev–Trinajstić information content (AvgIpc) is 2.66. The second-order valence-electron chi connectivity index (χ2n) is 6.33. The summed E-state index contributed by atoms with van der Waals surface area (Å²) in [6, 6.07) is 13.7. The lowest BCUT2D eigenvalue weighted by Crippen LogP contribution is -2.30. The zero-order chi connectivity index (χ0) is 19.1. The molecule has 0 aliphatic rings. The Kier molecular flexibility index (Phi) is 6.89. The number of hydrogen-bond donors (Lipinski definition) is 1. The number of nitrogens with one attached hydrogen (secondary N) is 1. The standard InChI is InChI=1S/C21H28N2O3/c1-6-23(15(2)3)18-9-7-17(8-10-18)21(24)22-14-16-11-19(25-4)13-20(12-16)26-5/h7-13,15H,6,14H2,1-5H3,(H,22,24). The number of hydrogen-bond acceptors (Lipinski definition) is 4. The molecule has 0 radical (unpaired) electrons. The fourth-order valence-corrected chi connectivity index (χ4v) is 2.90. The fourth-order valence-electron chi connectivity index (χ4n) is 2.90. The Labute approximate surface area is 155 Å². The summed E-state index contributed by atoms with van der Waals surface area (Å²) in [7, 11) is 3.21. The third-order valence-corrected chi connectivity index (χ3v) is 4.29. The first-order chi connectivity index (χ1) is 12.5. The molecule has 0 aromatic heterocycles. The largest absolute Gasteiger partial charge is 0.497 e. The van der Waals surface area contributed by atoms with Gasteiger partial charge in [0.05, 0.1) is 14.2 Å². The molecule has 0 heterocycles. The van der Waals surface area contributed by atoms with E-state index < -0.39 is 0 Å². The van der Waals surface area contributed by atoms with Crippen molar-refractivity contribution in [3.8, 4) is 11.5 Å². The first kappa shape index (κ1) is 19.6. The Morgan fingerprint density at radius 1 is 1.04 bits per heavy atom. The summed E-state index contributed by atoms with van der Waals surface area (Å²) in [4.78, 5) is 14.7. The predicted molar refractivity (Wildman–Crippen MR) is 105 cm³/mol. The van der Waals surface area contributed by atoms with Crippen molar-refractivity contribution in [2.75, 3.05) is 25.7 Å². The van der Waals surface area contributed by atoms with Gasteiger partial charge in [-0.1, -0.05) is 0 Å². The third-order valence-electron chi connectivity index (χ3n) is 4.29. The van der Waals surface area contributed by atoms with Gasteiger partial charge in [-0.15, -0.1) is 0 Å². The van der Waals surface area contributed by atoms with Gasteiger partial charge in [-0.05, 0) is 62.7 Å². The fraction of sp³-hybridized carbons (Fsp3) is 0.381. The molecule has 5 heteroatoms. The van der Waals surface area contributed by atoms with Crippen molar-refractivity contribution >= 4 is 11.6 Å². The smallest absolute Gasteiger partial charge is 0.251 e. The van der Waals surface area contributed by atoms with Crippen LogP contribution < -0.4 is 19.7 Å². The molecule has 2 aromatic carbocycles. The number of rotatable bonds is 8. The maximum absolute atomic E-state index is 12.4. The van der Waals surface area contributed by atoms with E-state index in [1.54, 1.807) is 20.3 Å². The van der Waals surface area contributed by atoms with Gasteiger partial charge in [0.15, 0.2) is 0 Å². The van der Waals surface area contributed by atoms with Gasteiger partial charge in [-0.2, -0.15) is 0 Å². The molecule has 0 atom stereocenters. The second kappa shape index (κ2) is 9.13. The van der Waals surface area contributed by atoms with Crippen LogP contribution in [-0.4, -0.2) is 32.7 Å². The highest BCUT2D eigenvalue weighted by Crippen LogP contribution is 2.22. The summed E-state index contributed by atoms with van der Waals surface area (Å²) in [5.74, 6) is 1.29. The van der Waals surface area contributed by atoms with Crippen LogP contribution in [0.4, 0.5) is 5.69 Å². The molecule has 0 aliphatic heterocycles. The van der Waals surface area contributed by atoms with Crippen molar-refractivity contribution in [3.63, 3.8) is 0 Å². The molecule has 0 saturated carbocycles. The topological polar surface area (TPSA) is 50.8 Å². The number of ether oxygens (including phenoxy) is 2. The Morgan fingerprint density at radius 2 is 1.62 bits per heavy atom. The number of nitrogens with zero attached hydrogens (tertiary/aromatic N) is 1. The van der Waals surface area contributed by atoms with Gasteiger partial charge in [-0.25, -0.2) is 0 Å². The molecule has 0 aliphatic carbocycles. The molecule has 26 heavy (non-hydrogen) atoms. The first-order valence-electron chi connectivity index (χ1n) is 8.85. The van der Waals surface area contributed by atoms with Gasteiger partial charge >= 0.3 is 0 Å². The lowest BCUT2D eigenvalue weighted by Gasteiger charge is -2.27. The summed E-state index contributed by atoms with van der Waals surface area (Å²) in [5.41, 5.74) is 2.68. The number of amides is 1. The normalized spacial score (nSPS) is 10.5. The van der Waals surface area contributed by atoms with E-state index in [4.69, 9.17) is 9.47 Å². The molecular formula is C21H28N2O3. The van der Waals surface area contributed by atoms with E-state index in [0.29, 0.717) is 29.6 Å². The van der Waals surface area contributed by atoms with Gasteiger partial charge in [-0.3, -0.25) is 4.79 Å². The molecule has 2 rings (SSSR count). The lowest BCUT2D eigenvalue weighted by molar-refractivity contribution is 0.0951. The Balaban J connectivity index is 2.04. The lowest BCUT2D eigenvalue weighted by atomic mass is 10.1. The molecule has 2 aromatic rings. The van der Waals surface area contributed by atoms with Crippen LogP contribution in [0.25, 0.3) is 0 Å². The molecule has 0 spiro atoms. The second-order valence-corrected chi connectivity index (χ2v) is 6.33. The summed E-state index contributed by atoms with van der Waals surface area (Å²) in [5, 5.41) is 2.94. The predicted octanol–water partition coefficient (Wildman–Crippen LogP) is 3.87. The van der Waals surface area contributed by atoms with E-state index in [1.165, 1.54) is 0 Å². The maximum atomic E-state index is 12.4. The minimum Gasteiger partial charge on any atom is -0.497 e. The van der Waals surface area contributed by atoms with Crippen molar-refractivity contribution in [1.29, 1.82) is 0 Å². The SMILES string of the molecule is CCN(c1ccc(C(=O)NCc2cc(OC)cc(OC)c2)cc1)C(C)C. The molecule has 1 amide bonds. The molecule has 0 fully saturated rings. The van der Waals surface area contributed by atoms with E-state index in [1.807, 2.05) is 36.4 Å². The van der Waals surface area contributed by atoms with Gasteiger partial charge < -0.3 is 19.7 Å². The molecule has 0 unspecified atom stereocenters. The van der Waals surface area contributed by atoms with E-state index in [9.17, 15) is 4.79 Å². The van der Waals surface area contributed by atoms with Crippen LogP contribution in [0.5, 0.6) is 11.5 Å². The molecule has 5 nitrogen and oxygen atoms in total. The molecule has 1 N–H and O–H groups in total. The van der Waals surface area contributed by atoms with Crippen LogP contribution in [0.1, 0.15) is 36.7 Å². The third kappa shape index (κ3) is 4.91. The summed E-state index contributed by atoms with van der Waals surface area (Å²) in [6.07, 6.45) is 0. The molecular weight excluding hydrogens is 328 g/mol. The Bertz CT molecular complexity index is 704. The van der Waals surface area contributed by atoms with Crippen LogP contribution in [0.3, 0.4) is 0 Å². The highest BCUT2D eigenvalue weighted by molar-refractivity contribution is 5.94. The van der Waals surface area contributed by atoms with E-state index in [2.05, 4.69) is 31.0 Å². The minimum absolute atomic E-state index is 0.106. The Morgan fingerprint density at radius 3 is 2.08 bits per heavy atom. The van der Waals surface area contributed by atoms with E-state index in [0.717, 1.165) is 17.8 Å². The van der Waals surface area contributed by atoms with Gasteiger partial charge in [0, 0.05) is 36.4 Å². The van der Waals surface area contributed by atoms with Crippen LogP contribution in [-0.2, 0) is 6.54 Å². The minimum atomic E-state index is -0.106. The van der Waals surface area contributed by atoms with Crippen LogP contribution >= 0.6 is 0 Å². The van der Waals surface area contributed by atoms with E-state index in [-0.39, 0.29) is 5.91 Å². The average molecular weight is 356 g/mol. The summed E-state index contributed by atoms with van der Waals surface area (Å²) in [6.45, 7) is 7.78. The molecule has 0 saturated heterocycles. The zero-order valence-corrected chi connectivity index (χ0v) is 16.2. The number of benzene rings is 2. The highest BCUT2D eigenvalue weighted by Gasteiger charge is 2.11. The number of carbonyl (C=O) groups excluding carboxylic acids is 1. The van der Waals surface area contributed by atoms with Crippen LogP contribution in [0.15, 0.2) is 42.5 Å². The monoisotopic (exact) mass is 356 g/mol. The number of carbonyl (C=O) groups is 1. The maximum Gasteiger partial charge on any atom is 0.251 e. The first-order valence-corrected chi connectivity index (χ1v) is 8.85. The van der Waals surface area contributed by atoms with Crippen molar-refractivity contribution in [2.45, 2.75) is 33.4 Å². The van der Waals surface area contributed by atoms with Crippen molar-refractivity contribution < 1.29 is 14.3 Å². The summed E-state index contributed by atoms with van der Waals surface area (Å²) >= 11 is 0. The zero-order valence-electron chi connectivity index (χ0n) is 16.2. The van der Waals surface area contributed by atoms with Crippen LogP contribution in [0, 0.1) is 0 Å². The van der Waals surface area contributed by atoms with Crippen molar-refractivity contribution in [3.05, 3.63) is 53.6 Å². The summed E-state index contributed by atoms with van der Waals surface area (Å²) < 4.78 is 10.5. The molecule has 140 valence electrons. The Hall–Kier alpha value is -2.69. The van der Waals surface area contributed by atoms with Crippen molar-refractivity contribution in [1.82, 2.24) is 5.32 Å². The van der Waals surface area contributed by atoms with Gasteiger partial charge in [0.25, 0.3) is 5.91 Å². The number of methoxy groups -OCH3 is 2.